The Bertz CT molecular complexity index is 623. The van der Waals surface area contributed by atoms with E-state index >= 15 is 0 Å². The van der Waals surface area contributed by atoms with Gasteiger partial charge in [0.15, 0.2) is 0 Å². The lowest BCUT2D eigenvalue weighted by atomic mass is 9.97. The van der Waals surface area contributed by atoms with Crippen molar-refractivity contribution >= 4 is 29.7 Å². The molecule has 12 nitrogen and oxygen atoms in total. The first-order chi connectivity index (χ1) is 13.3. The minimum absolute atomic E-state index is 0.417. The maximum Gasteiger partial charge on any atom is 0.326 e. The third kappa shape index (κ3) is 8.87. The fourth-order valence-corrected chi connectivity index (χ4v) is 2.27. The van der Waals surface area contributed by atoms with Gasteiger partial charge in [-0.3, -0.25) is 19.2 Å². The van der Waals surface area contributed by atoms with E-state index in [9.17, 15) is 29.1 Å². The molecule has 0 spiro atoms. The van der Waals surface area contributed by atoms with Gasteiger partial charge in [-0.2, -0.15) is 0 Å². The summed E-state index contributed by atoms with van der Waals surface area (Å²) in [5.41, 5.74) is 5.43. The Morgan fingerprint density at radius 1 is 0.862 bits per heavy atom. The molecule has 0 aliphatic heterocycles. The van der Waals surface area contributed by atoms with Crippen molar-refractivity contribution in [1.29, 1.82) is 0 Å². The molecule has 0 aliphatic carbocycles. The lowest BCUT2D eigenvalue weighted by Crippen LogP contribution is -2.60. The molecule has 0 heterocycles. The van der Waals surface area contributed by atoms with Crippen LogP contribution in [0.5, 0.6) is 0 Å². The number of nitrogens with two attached hydrogens (primary N) is 1. The normalized spacial score (nSPS) is 17.0. The highest BCUT2D eigenvalue weighted by molar-refractivity contribution is 5.95. The lowest BCUT2D eigenvalue weighted by Gasteiger charge is -2.28. The van der Waals surface area contributed by atoms with Crippen LogP contribution in [0.25, 0.3) is 0 Å². The highest BCUT2D eigenvalue weighted by Gasteiger charge is 2.34. The summed E-state index contributed by atoms with van der Waals surface area (Å²) in [6.45, 7) is 6.00. The minimum atomic E-state index is -1.69. The summed E-state index contributed by atoms with van der Waals surface area (Å²) in [6.07, 6.45) is -1.74. The van der Waals surface area contributed by atoms with E-state index in [2.05, 4.69) is 16.0 Å². The van der Waals surface area contributed by atoms with Crippen molar-refractivity contribution in [2.75, 3.05) is 0 Å². The molecule has 6 atom stereocenters. The van der Waals surface area contributed by atoms with E-state index in [1.54, 1.807) is 13.8 Å². The van der Waals surface area contributed by atoms with Crippen LogP contribution < -0.4 is 21.7 Å². The van der Waals surface area contributed by atoms with Crippen molar-refractivity contribution in [2.24, 2.45) is 11.7 Å². The van der Waals surface area contributed by atoms with Gasteiger partial charge in [0, 0.05) is 0 Å². The molecule has 0 radical (unpaired) electrons. The molecule has 0 aromatic heterocycles. The Hall–Kier alpha value is -2.73. The summed E-state index contributed by atoms with van der Waals surface area (Å²) in [4.78, 5) is 58.8. The van der Waals surface area contributed by atoms with Crippen LogP contribution in [-0.2, 0) is 24.0 Å². The molecule has 0 aromatic carbocycles. The van der Waals surface area contributed by atoms with E-state index in [4.69, 9.17) is 15.9 Å². The van der Waals surface area contributed by atoms with Crippen molar-refractivity contribution in [3.05, 3.63) is 0 Å². The van der Waals surface area contributed by atoms with Crippen molar-refractivity contribution in [1.82, 2.24) is 16.0 Å². The molecule has 0 saturated carbocycles. The van der Waals surface area contributed by atoms with E-state index in [-0.39, 0.29) is 0 Å². The number of carboxylic acid groups (broad SMARTS) is 2. The first-order valence-corrected chi connectivity index (χ1v) is 9.11. The summed E-state index contributed by atoms with van der Waals surface area (Å²) >= 11 is 0. The number of hydrogen-bond donors (Lipinski definition) is 7. The number of amides is 3. The topological polar surface area (TPSA) is 208 Å². The van der Waals surface area contributed by atoms with Crippen molar-refractivity contribution in [3.63, 3.8) is 0 Å². The number of aliphatic carboxylic acids is 2. The standard InChI is InChI=1S/C17H30N4O8/c1-5-7(2)12(15(26)19-10(17(28)29)6-11(23)24)20-16(27)13(9(4)22)21-14(25)8(3)18/h7-10,12-13,22H,5-6,18H2,1-4H3,(H,19,26)(H,20,27)(H,21,25)(H,23,24)(H,28,29). The Morgan fingerprint density at radius 2 is 1.34 bits per heavy atom. The summed E-state index contributed by atoms with van der Waals surface area (Å²) in [5.74, 6) is -5.89. The largest absolute Gasteiger partial charge is 0.481 e. The van der Waals surface area contributed by atoms with Crippen LogP contribution in [0, 0.1) is 5.92 Å². The zero-order valence-electron chi connectivity index (χ0n) is 16.8. The first kappa shape index (κ1) is 26.3. The molecule has 0 aliphatic rings. The van der Waals surface area contributed by atoms with Gasteiger partial charge in [-0.05, 0) is 19.8 Å². The summed E-state index contributed by atoms with van der Waals surface area (Å²) < 4.78 is 0. The smallest absolute Gasteiger partial charge is 0.326 e. The fraction of sp³-hybridized carbons (Fsp3) is 0.706. The molecule has 0 saturated heterocycles. The molecule has 0 aromatic rings. The maximum absolute atomic E-state index is 12.6. The molecule has 0 rings (SSSR count). The van der Waals surface area contributed by atoms with Gasteiger partial charge in [0.05, 0.1) is 18.6 Å². The highest BCUT2D eigenvalue weighted by Crippen LogP contribution is 2.10. The lowest BCUT2D eigenvalue weighted by molar-refractivity contribution is -0.147. The maximum atomic E-state index is 12.6. The van der Waals surface area contributed by atoms with E-state index in [0.29, 0.717) is 6.42 Å². The second-order valence-electron chi connectivity index (χ2n) is 6.88. The average Bonchev–Trinajstić information content (AvgIpc) is 2.61. The number of rotatable bonds is 12. The predicted octanol–water partition coefficient (Wildman–Crippen LogP) is -2.23. The third-order valence-corrected chi connectivity index (χ3v) is 4.26. The molecule has 3 amide bonds. The molecule has 0 bridgehead atoms. The van der Waals surface area contributed by atoms with Crippen LogP contribution in [-0.4, -0.2) is 75.3 Å². The first-order valence-electron chi connectivity index (χ1n) is 9.11. The van der Waals surface area contributed by atoms with E-state index in [1.807, 2.05) is 0 Å². The van der Waals surface area contributed by atoms with Crippen LogP contribution in [0.15, 0.2) is 0 Å². The van der Waals surface area contributed by atoms with Gasteiger partial charge in [-0.1, -0.05) is 20.3 Å². The number of hydrogen-bond acceptors (Lipinski definition) is 7. The summed E-state index contributed by atoms with van der Waals surface area (Å²) in [7, 11) is 0. The predicted molar refractivity (Wildman–Crippen MR) is 100 cm³/mol. The third-order valence-electron chi connectivity index (χ3n) is 4.26. The molecule has 166 valence electrons. The number of aliphatic hydroxyl groups is 1. The number of carbonyl (C=O) groups excluding carboxylic acids is 3. The van der Waals surface area contributed by atoms with Crippen molar-refractivity contribution in [3.8, 4) is 0 Å². The monoisotopic (exact) mass is 418 g/mol. The van der Waals surface area contributed by atoms with Gasteiger partial charge < -0.3 is 37.0 Å². The second kappa shape index (κ2) is 12.0. The number of aliphatic hydroxyl groups excluding tert-OH is 1. The second-order valence-corrected chi connectivity index (χ2v) is 6.88. The Labute approximate surface area is 168 Å². The summed E-state index contributed by atoms with van der Waals surface area (Å²) in [6, 6.07) is -5.25. The zero-order chi connectivity index (χ0) is 22.9. The SMILES string of the molecule is CCC(C)C(NC(=O)C(NC(=O)C(C)N)C(C)O)C(=O)NC(CC(=O)O)C(=O)O. The number of carboxylic acids is 2. The average molecular weight is 418 g/mol. The van der Waals surface area contributed by atoms with Crippen molar-refractivity contribution < 1.29 is 39.3 Å². The van der Waals surface area contributed by atoms with Gasteiger partial charge in [-0.15, -0.1) is 0 Å². The fourth-order valence-electron chi connectivity index (χ4n) is 2.27. The van der Waals surface area contributed by atoms with E-state index < -0.39 is 72.3 Å². The van der Waals surface area contributed by atoms with Gasteiger partial charge in [-0.25, -0.2) is 4.79 Å². The van der Waals surface area contributed by atoms with Gasteiger partial charge >= 0.3 is 11.9 Å². The van der Waals surface area contributed by atoms with Crippen molar-refractivity contribution in [2.45, 2.75) is 70.8 Å². The highest BCUT2D eigenvalue weighted by atomic mass is 16.4. The van der Waals surface area contributed by atoms with E-state index in [0.717, 1.165) is 0 Å². The van der Waals surface area contributed by atoms with Gasteiger partial charge in [0.25, 0.3) is 0 Å². The molecule has 8 N–H and O–H groups in total. The molecule has 6 unspecified atom stereocenters. The molecule has 0 fully saturated rings. The summed E-state index contributed by atoms with van der Waals surface area (Å²) in [5, 5.41) is 34.4. The molecular weight excluding hydrogens is 388 g/mol. The van der Waals surface area contributed by atoms with E-state index in [1.165, 1.54) is 13.8 Å². The van der Waals surface area contributed by atoms with Crippen LogP contribution >= 0.6 is 0 Å². The van der Waals surface area contributed by atoms with Crippen LogP contribution in [0.2, 0.25) is 0 Å². The van der Waals surface area contributed by atoms with Gasteiger partial charge in [0.2, 0.25) is 17.7 Å². The Morgan fingerprint density at radius 3 is 1.72 bits per heavy atom. The molecular formula is C17H30N4O8. The number of carbonyl (C=O) groups is 5. The minimum Gasteiger partial charge on any atom is -0.481 e. The Kier molecular flexibility index (Phi) is 10.8. The van der Waals surface area contributed by atoms with Gasteiger partial charge in [0.1, 0.15) is 18.1 Å². The zero-order valence-corrected chi connectivity index (χ0v) is 16.8. The quantitative estimate of drug-likeness (QED) is 0.183. The number of nitrogens with one attached hydrogen (secondary N) is 3. The molecule has 12 heteroatoms. The van der Waals surface area contributed by atoms with Crippen LogP contribution in [0.4, 0.5) is 0 Å². The molecule has 29 heavy (non-hydrogen) atoms. The Balaban J connectivity index is 5.47. The van der Waals surface area contributed by atoms with Crippen LogP contribution in [0.1, 0.15) is 40.5 Å². The van der Waals surface area contributed by atoms with Crippen LogP contribution in [0.3, 0.4) is 0 Å².